The number of aryl methyl sites for hydroxylation is 1. The number of anilines is 1. The Morgan fingerprint density at radius 3 is 2.95 bits per heavy atom. The van der Waals surface area contributed by atoms with Gasteiger partial charge in [-0.2, -0.15) is 0 Å². The number of para-hydroxylation sites is 1. The number of hydrogen-bond donors (Lipinski definition) is 2. The van der Waals surface area contributed by atoms with Gasteiger partial charge in [-0.15, -0.1) is 0 Å². The average molecular weight is 263 g/mol. The van der Waals surface area contributed by atoms with Crippen molar-refractivity contribution >= 4 is 11.7 Å². The van der Waals surface area contributed by atoms with E-state index in [4.69, 9.17) is 10.5 Å². The van der Waals surface area contributed by atoms with Gasteiger partial charge in [0.1, 0.15) is 0 Å². The summed E-state index contributed by atoms with van der Waals surface area (Å²) in [5.74, 6) is -0.799. The quantitative estimate of drug-likeness (QED) is 0.822. The first kappa shape index (κ1) is 13.9. The molecular formula is C15H21NO3. The zero-order valence-electron chi connectivity index (χ0n) is 11.5. The van der Waals surface area contributed by atoms with E-state index in [1.54, 1.807) is 0 Å². The highest BCUT2D eigenvalue weighted by atomic mass is 16.5. The molecular weight excluding hydrogens is 242 g/mol. The van der Waals surface area contributed by atoms with Gasteiger partial charge < -0.3 is 15.6 Å². The highest BCUT2D eigenvalue weighted by molar-refractivity contribution is 5.84. The predicted octanol–water partition coefficient (Wildman–Crippen LogP) is 2.49. The minimum absolute atomic E-state index is 0.00948. The number of nitrogen functional groups attached to an aromatic ring is 1. The van der Waals surface area contributed by atoms with E-state index < -0.39 is 11.4 Å². The van der Waals surface area contributed by atoms with Gasteiger partial charge in [-0.1, -0.05) is 25.1 Å². The Bertz CT molecular complexity index is 486. The third kappa shape index (κ3) is 2.32. The lowest BCUT2D eigenvalue weighted by molar-refractivity contribution is -0.150. The smallest absolute Gasteiger partial charge is 0.314 e. The van der Waals surface area contributed by atoms with Crippen molar-refractivity contribution < 1.29 is 14.6 Å². The van der Waals surface area contributed by atoms with E-state index in [1.165, 1.54) is 0 Å². The molecule has 1 aliphatic heterocycles. The van der Waals surface area contributed by atoms with E-state index in [9.17, 15) is 9.90 Å². The van der Waals surface area contributed by atoms with E-state index in [0.717, 1.165) is 17.5 Å². The van der Waals surface area contributed by atoms with E-state index in [-0.39, 0.29) is 6.10 Å². The van der Waals surface area contributed by atoms with Crippen molar-refractivity contribution in [2.24, 2.45) is 0 Å². The van der Waals surface area contributed by atoms with Crippen LogP contribution < -0.4 is 5.73 Å². The molecule has 2 atom stereocenters. The number of carboxylic acids is 1. The van der Waals surface area contributed by atoms with Gasteiger partial charge in [-0.3, -0.25) is 4.79 Å². The van der Waals surface area contributed by atoms with Gasteiger partial charge in [-0.25, -0.2) is 0 Å². The molecule has 1 aliphatic rings. The summed E-state index contributed by atoms with van der Waals surface area (Å²) in [4.78, 5) is 11.9. The number of carbonyl (C=O) groups is 1. The van der Waals surface area contributed by atoms with E-state index in [0.29, 0.717) is 25.1 Å². The fraction of sp³-hybridized carbons (Fsp3) is 0.533. The average Bonchev–Trinajstić information content (AvgIpc) is 2.41. The molecule has 2 unspecified atom stereocenters. The number of carboxylic acid groups (broad SMARTS) is 1. The summed E-state index contributed by atoms with van der Waals surface area (Å²) < 4.78 is 5.62. The molecule has 1 fully saturated rings. The largest absolute Gasteiger partial charge is 0.481 e. The van der Waals surface area contributed by atoms with Crippen molar-refractivity contribution in [3.05, 3.63) is 29.3 Å². The van der Waals surface area contributed by atoms with Crippen molar-refractivity contribution in [1.82, 2.24) is 0 Å². The minimum Gasteiger partial charge on any atom is -0.481 e. The Hall–Kier alpha value is -1.55. The SMILES string of the molecule is CCC1CC(C(=O)O)(c2cccc(C)c2N)CCO1. The van der Waals surface area contributed by atoms with Crippen LogP contribution >= 0.6 is 0 Å². The molecule has 3 N–H and O–H groups in total. The van der Waals surface area contributed by atoms with Crippen molar-refractivity contribution in [3.8, 4) is 0 Å². The molecule has 1 saturated heterocycles. The number of rotatable bonds is 3. The second-order valence-corrected chi connectivity index (χ2v) is 5.28. The fourth-order valence-corrected chi connectivity index (χ4v) is 2.86. The molecule has 4 nitrogen and oxygen atoms in total. The lowest BCUT2D eigenvalue weighted by Gasteiger charge is -2.38. The molecule has 0 spiro atoms. The van der Waals surface area contributed by atoms with Gasteiger partial charge in [0, 0.05) is 12.3 Å². The Labute approximate surface area is 113 Å². The third-order valence-electron chi connectivity index (χ3n) is 4.16. The van der Waals surface area contributed by atoms with Crippen molar-refractivity contribution in [3.63, 3.8) is 0 Å². The van der Waals surface area contributed by atoms with Gasteiger partial charge >= 0.3 is 5.97 Å². The lowest BCUT2D eigenvalue weighted by atomic mass is 9.71. The molecule has 2 rings (SSSR count). The Kier molecular flexibility index (Phi) is 3.80. The number of aliphatic carboxylic acids is 1. The molecule has 0 aliphatic carbocycles. The summed E-state index contributed by atoms with van der Waals surface area (Å²) in [6.45, 7) is 4.39. The van der Waals surface area contributed by atoms with Gasteiger partial charge in [0.2, 0.25) is 0 Å². The molecule has 0 aromatic heterocycles. The number of benzene rings is 1. The monoisotopic (exact) mass is 263 g/mol. The summed E-state index contributed by atoms with van der Waals surface area (Å²) in [6, 6.07) is 5.63. The second-order valence-electron chi connectivity index (χ2n) is 5.28. The van der Waals surface area contributed by atoms with E-state index >= 15 is 0 Å². The second kappa shape index (κ2) is 5.21. The topological polar surface area (TPSA) is 72.5 Å². The minimum atomic E-state index is -0.908. The summed E-state index contributed by atoms with van der Waals surface area (Å²) in [6.07, 6.45) is 1.78. The van der Waals surface area contributed by atoms with Crippen LogP contribution in [-0.2, 0) is 14.9 Å². The number of nitrogens with two attached hydrogens (primary N) is 1. The lowest BCUT2D eigenvalue weighted by Crippen LogP contribution is -2.45. The Balaban J connectivity index is 2.50. The van der Waals surface area contributed by atoms with Crippen LogP contribution in [0.1, 0.15) is 37.3 Å². The van der Waals surface area contributed by atoms with Crippen molar-refractivity contribution in [1.29, 1.82) is 0 Å². The maximum absolute atomic E-state index is 11.9. The van der Waals surface area contributed by atoms with Crippen LogP contribution in [0.3, 0.4) is 0 Å². The summed E-state index contributed by atoms with van der Waals surface area (Å²) in [5.41, 5.74) is 7.48. The van der Waals surface area contributed by atoms with E-state index in [1.807, 2.05) is 32.0 Å². The molecule has 104 valence electrons. The molecule has 0 radical (unpaired) electrons. The zero-order chi connectivity index (χ0) is 14.0. The van der Waals surface area contributed by atoms with Crippen LogP contribution in [0, 0.1) is 6.92 Å². The van der Waals surface area contributed by atoms with E-state index in [2.05, 4.69) is 0 Å². The summed E-state index contributed by atoms with van der Waals surface area (Å²) in [7, 11) is 0. The van der Waals surface area contributed by atoms with Crippen LogP contribution in [0.25, 0.3) is 0 Å². The molecule has 0 bridgehead atoms. The molecule has 1 aromatic rings. The summed E-state index contributed by atoms with van der Waals surface area (Å²) >= 11 is 0. The van der Waals surface area contributed by atoms with Crippen LogP contribution in [0.4, 0.5) is 5.69 Å². The fourth-order valence-electron chi connectivity index (χ4n) is 2.86. The first-order chi connectivity index (χ1) is 9.01. The Morgan fingerprint density at radius 1 is 1.58 bits per heavy atom. The first-order valence-corrected chi connectivity index (χ1v) is 6.72. The third-order valence-corrected chi connectivity index (χ3v) is 4.16. The van der Waals surface area contributed by atoms with Gasteiger partial charge in [0.25, 0.3) is 0 Å². The standard InChI is InChI=1S/C15H21NO3/c1-3-11-9-15(14(17)18,7-8-19-11)12-6-4-5-10(2)13(12)16/h4-6,11H,3,7-9,16H2,1-2H3,(H,17,18). The highest BCUT2D eigenvalue weighted by Crippen LogP contribution is 2.41. The molecule has 1 heterocycles. The van der Waals surface area contributed by atoms with Gasteiger partial charge in [-0.05, 0) is 37.3 Å². The van der Waals surface area contributed by atoms with Crippen molar-refractivity contribution in [2.45, 2.75) is 44.6 Å². The molecule has 0 amide bonds. The number of hydrogen-bond acceptors (Lipinski definition) is 3. The maximum atomic E-state index is 11.9. The summed E-state index contributed by atoms with van der Waals surface area (Å²) in [5, 5.41) is 9.76. The van der Waals surface area contributed by atoms with Gasteiger partial charge in [0.15, 0.2) is 0 Å². The van der Waals surface area contributed by atoms with Crippen LogP contribution in [0.5, 0.6) is 0 Å². The first-order valence-electron chi connectivity index (χ1n) is 6.72. The normalized spacial score (nSPS) is 27.2. The van der Waals surface area contributed by atoms with Gasteiger partial charge in [0.05, 0.1) is 11.5 Å². The Morgan fingerprint density at radius 2 is 2.32 bits per heavy atom. The molecule has 4 heteroatoms. The predicted molar refractivity (Wildman–Crippen MR) is 74.2 cm³/mol. The number of ether oxygens (including phenoxy) is 1. The molecule has 19 heavy (non-hydrogen) atoms. The molecule has 1 aromatic carbocycles. The highest BCUT2D eigenvalue weighted by Gasteiger charge is 2.45. The molecule has 0 saturated carbocycles. The zero-order valence-corrected chi connectivity index (χ0v) is 11.5. The van der Waals surface area contributed by atoms with Crippen LogP contribution in [-0.4, -0.2) is 23.8 Å². The maximum Gasteiger partial charge on any atom is 0.314 e. The van der Waals surface area contributed by atoms with Crippen LogP contribution in [0.15, 0.2) is 18.2 Å². The van der Waals surface area contributed by atoms with Crippen LogP contribution in [0.2, 0.25) is 0 Å². The van der Waals surface area contributed by atoms with Crippen molar-refractivity contribution in [2.75, 3.05) is 12.3 Å².